The van der Waals surface area contributed by atoms with E-state index in [0.717, 1.165) is 18.4 Å². The van der Waals surface area contributed by atoms with Crippen LogP contribution in [0, 0.1) is 5.41 Å². The van der Waals surface area contributed by atoms with Crippen LogP contribution in [0.4, 0.5) is 4.79 Å². The average molecular weight is 274 g/mol. The third-order valence-corrected chi connectivity index (χ3v) is 4.57. The molecule has 20 heavy (non-hydrogen) atoms. The Kier molecular flexibility index (Phi) is 2.92. The Balaban J connectivity index is 1.94. The van der Waals surface area contributed by atoms with Crippen LogP contribution in [0.2, 0.25) is 0 Å². The van der Waals surface area contributed by atoms with Crippen LogP contribution in [0.25, 0.3) is 0 Å². The monoisotopic (exact) mass is 274 g/mol. The second kappa shape index (κ2) is 4.51. The molecule has 2 unspecified atom stereocenters. The summed E-state index contributed by atoms with van der Waals surface area (Å²) in [6, 6.07) is 9.86. The second-order valence-corrected chi connectivity index (χ2v) is 5.69. The Bertz CT molecular complexity index is 545. The van der Waals surface area contributed by atoms with E-state index >= 15 is 0 Å². The first-order valence-electron chi connectivity index (χ1n) is 6.86. The molecule has 0 saturated carbocycles. The zero-order valence-electron chi connectivity index (χ0n) is 11.5. The number of piperidine rings is 1. The standard InChI is InChI=1S/C15H18N2O3/c1-16-12(11-6-3-2-4-7-11)15(13(16)18)8-5-9-17(10-15)14(19)20/h2-4,6-7,12H,5,8-10H2,1H3,(H,19,20). The Morgan fingerprint density at radius 3 is 2.70 bits per heavy atom. The van der Waals surface area contributed by atoms with E-state index in [1.807, 2.05) is 30.3 Å². The third kappa shape index (κ3) is 1.69. The lowest BCUT2D eigenvalue weighted by Crippen LogP contribution is -2.67. The zero-order valence-corrected chi connectivity index (χ0v) is 11.5. The zero-order chi connectivity index (χ0) is 14.3. The Morgan fingerprint density at radius 1 is 1.35 bits per heavy atom. The summed E-state index contributed by atoms with van der Waals surface area (Å²) < 4.78 is 0. The maximum Gasteiger partial charge on any atom is 0.407 e. The van der Waals surface area contributed by atoms with Gasteiger partial charge < -0.3 is 14.9 Å². The number of hydrogen-bond donors (Lipinski definition) is 1. The summed E-state index contributed by atoms with van der Waals surface area (Å²) in [5.41, 5.74) is 0.522. The molecule has 5 nitrogen and oxygen atoms in total. The molecule has 1 spiro atoms. The van der Waals surface area contributed by atoms with Gasteiger partial charge in [-0.15, -0.1) is 0 Å². The predicted molar refractivity (Wildman–Crippen MR) is 73.2 cm³/mol. The van der Waals surface area contributed by atoms with Crippen LogP contribution in [0.3, 0.4) is 0 Å². The number of rotatable bonds is 1. The van der Waals surface area contributed by atoms with Gasteiger partial charge in [0.25, 0.3) is 0 Å². The van der Waals surface area contributed by atoms with Crippen LogP contribution in [0.1, 0.15) is 24.4 Å². The highest BCUT2D eigenvalue weighted by molar-refractivity contribution is 5.91. The maximum atomic E-state index is 12.4. The highest BCUT2D eigenvalue weighted by atomic mass is 16.4. The van der Waals surface area contributed by atoms with E-state index in [2.05, 4.69) is 0 Å². The minimum atomic E-state index is -0.932. The molecule has 1 aromatic carbocycles. The largest absolute Gasteiger partial charge is 0.465 e. The fourth-order valence-corrected chi connectivity index (χ4v) is 3.71. The molecule has 106 valence electrons. The van der Waals surface area contributed by atoms with Crippen molar-refractivity contribution in [2.45, 2.75) is 18.9 Å². The first-order chi connectivity index (χ1) is 9.56. The van der Waals surface area contributed by atoms with Gasteiger partial charge in [0.1, 0.15) is 0 Å². The first kappa shape index (κ1) is 13.0. The number of likely N-dealkylation sites (tertiary alicyclic amines) is 2. The molecule has 3 rings (SSSR count). The van der Waals surface area contributed by atoms with E-state index in [0.29, 0.717) is 13.1 Å². The molecule has 2 heterocycles. The Morgan fingerprint density at radius 2 is 2.05 bits per heavy atom. The smallest absolute Gasteiger partial charge is 0.407 e. The average Bonchev–Trinajstić information content (AvgIpc) is 2.48. The topological polar surface area (TPSA) is 60.9 Å². The minimum Gasteiger partial charge on any atom is -0.465 e. The summed E-state index contributed by atoms with van der Waals surface area (Å²) in [5.74, 6) is 0.0669. The van der Waals surface area contributed by atoms with Gasteiger partial charge in [-0.1, -0.05) is 30.3 Å². The molecule has 0 aliphatic carbocycles. The summed E-state index contributed by atoms with van der Waals surface area (Å²) >= 11 is 0. The molecule has 2 amide bonds. The lowest BCUT2D eigenvalue weighted by molar-refractivity contribution is -0.176. The molecule has 0 bridgehead atoms. The summed E-state index contributed by atoms with van der Waals surface area (Å²) in [4.78, 5) is 26.7. The van der Waals surface area contributed by atoms with E-state index in [1.54, 1.807) is 11.9 Å². The van der Waals surface area contributed by atoms with Gasteiger partial charge in [-0.3, -0.25) is 4.79 Å². The second-order valence-electron chi connectivity index (χ2n) is 5.69. The van der Waals surface area contributed by atoms with E-state index in [1.165, 1.54) is 4.90 Å². The lowest BCUT2D eigenvalue weighted by Gasteiger charge is -2.58. The van der Waals surface area contributed by atoms with Gasteiger partial charge >= 0.3 is 6.09 Å². The van der Waals surface area contributed by atoms with Crippen LogP contribution in [-0.2, 0) is 4.79 Å². The molecule has 2 saturated heterocycles. The van der Waals surface area contributed by atoms with Crippen molar-refractivity contribution in [3.63, 3.8) is 0 Å². The van der Waals surface area contributed by atoms with Crippen molar-refractivity contribution in [3.05, 3.63) is 35.9 Å². The van der Waals surface area contributed by atoms with Crippen LogP contribution < -0.4 is 0 Å². The lowest BCUT2D eigenvalue weighted by atomic mass is 9.63. The highest BCUT2D eigenvalue weighted by Gasteiger charge is 2.61. The van der Waals surface area contributed by atoms with Crippen molar-refractivity contribution in [2.75, 3.05) is 20.1 Å². The van der Waals surface area contributed by atoms with E-state index in [-0.39, 0.29) is 11.9 Å². The molecule has 2 atom stereocenters. The highest BCUT2D eigenvalue weighted by Crippen LogP contribution is 2.53. The molecule has 0 radical (unpaired) electrons. The molecule has 5 heteroatoms. The van der Waals surface area contributed by atoms with Gasteiger partial charge in [0.05, 0.1) is 11.5 Å². The molecule has 1 N–H and O–H groups in total. The van der Waals surface area contributed by atoms with Crippen LogP contribution in [-0.4, -0.2) is 47.0 Å². The van der Waals surface area contributed by atoms with Crippen molar-refractivity contribution in [3.8, 4) is 0 Å². The predicted octanol–water partition coefficient (Wildman–Crippen LogP) is 1.96. The third-order valence-electron chi connectivity index (χ3n) is 4.57. The first-order valence-corrected chi connectivity index (χ1v) is 6.86. The quantitative estimate of drug-likeness (QED) is 0.796. The molecule has 1 aromatic rings. The molecule has 0 aromatic heterocycles. The van der Waals surface area contributed by atoms with Crippen LogP contribution in [0.5, 0.6) is 0 Å². The van der Waals surface area contributed by atoms with Gasteiger partial charge in [-0.25, -0.2) is 4.79 Å². The van der Waals surface area contributed by atoms with Crippen molar-refractivity contribution < 1.29 is 14.7 Å². The number of nitrogens with zero attached hydrogens (tertiary/aromatic N) is 2. The Labute approximate surface area is 117 Å². The molecule has 2 aliphatic rings. The number of carbonyl (C=O) groups excluding carboxylic acids is 1. The van der Waals surface area contributed by atoms with Gasteiger partial charge in [0, 0.05) is 20.1 Å². The summed E-state index contributed by atoms with van der Waals surface area (Å²) in [7, 11) is 1.80. The van der Waals surface area contributed by atoms with Crippen molar-refractivity contribution in [2.24, 2.45) is 5.41 Å². The molecular weight excluding hydrogens is 256 g/mol. The van der Waals surface area contributed by atoms with Gasteiger partial charge in [-0.2, -0.15) is 0 Å². The van der Waals surface area contributed by atoms with E-state index in [4.69, 9.17) is 0 Å². The van der Waals surface area contributed by atoms with Crippen molar-refractivity contribution in [1.82, 2.24) is 9.80 Å². The van der Waals surface area contributed by atoms with Crippen molar-refractivity contribution >= 4 is 12.0 Å². The Hall–Kier alpha value is -2.04. The number of benzene rings is 1. The number of carboxylic acid groups (broad SMARTS) is 1. The van der Waals surface area contributed by atoms with Crippen LogP contribution in [0.15, 0.2) is 30.3 Å². The summed E-state index contributed by atoms with van der Waals surface area (Å²) in [6.07, 6.45) is 0.576. The van der Waals surface area contributed by atoms with Gasteiger partial charge in [0.15, 0.2) is 0 Å². The van der Waals surface area contributed by atoms with Crippen molar-refractivity contribution in [1.29, 1.82) is 0 Å². The van der Waals surface area contributed by atoms with E-state index < -0.39 is 11.5 Å². The maximum absolute atomic E-state index is 12.4. The fraction of sp³-hybridized carbons (Fsp3) is 0.467. The van der Waals surface area contributed by atoms with Crippen LogP contribution >= 0.6 is 0 Å². The minimum absolute atomic E-state index is 0.0154. The number of carbonyl (C=O) groups is 2. The molecule has 2 aliphatic heterocycles. The summed E-state index contributed by atoms with van der Waals surface area (Å²) in [5, 5.41) is 9.20. The number of amides is 2. The molecule has 2 fully saturated rings. The van der Waals surface area contributed by atoms with Gasteiger partial charge in [-0.05, 0) is 18.4 Å². The number of β-lactam (4-membered cyclic amide) rings is 1. The molecular formula is C15H18N2O3. The van der Waals surface area contributed by atoms with E-state index in [9.17, 15) is 14.7 Å². The normalized spacial score (nSPS) is 29.4. The summed E-state index contributed by atoms with van der Waals surface area (Å²) in [6.45, 7) is 0.834. The van der Waals surface area contributed by atoms with Gasteiger partial charge in [0.2, 0.25) is 5.91 Å². The SMILES string of the molecule is CN1C(=O)C2(CCCN(C(=O)O)C2)C1c1ccccc1. The fourth-order valence-electron chi connectivity index (χ4n) is 3.71. The number of hydrogen-bond acceptors (Lipinski definition) is 2.